The average molecular weight is 300 g/mol. The zero-order valence-corrected chi connectivity index (χ0v) is 13.8. The van der Waals surface area contributed by atoms with E-state index in [1.165, 1.54) is 5.56 Å². The van der Waals surface area contributed by atoms with E-state index in [2.05, 4.69) is 44.0 Å². The number of hydrogen-bond donors (Lipinski definition) is 0. The van der Waals surface area contributed by atoms with Crippen molar-refractivity contribution in [2.75, 3.05) is 0 Å². The van der Waals surface area contributed by atoms with Crippen molar-refractivity contribution < 1.29 is 4.74 Å². The van der Waals surface area contributed by atoms with Crippen molar-refractivity contribution in [3.05, 3.63) is 44.9 Å². The van der Waals surface area contributed by atoms with Crippen LogP contribution in [0.15, 0.2) is 18.2 Å². The molecule has 110 valence electrons. The van der Waals surface area contributed by atoms with Gasteiger partial charge in [-0.15, -0.1) is 11.3 Å². The van der Waals surface area contributed by atoms with Crippen LogP contribution < -0.4 is 4.74 Å². The first-order chi connectivity index (χ1) is 10.0. The van der Waals surface area contributed by atoms with Gasteiger partial charge in [0.1, 0.15) is 17.4 Å². The number of nitriles is 1. The van der Waals surface area contributed by atoms with E-state index < -0.39 is 0 Å². The minimum atomic E-state index is 0.332. The Bertz CT molecular complexity index is 668. The molecule has 0 amide bonds. The van der Waals surface area contributed by atoms with Crippen molar-refractivity contribution >= 4 is 11.3 Å². The molecule has 21 heavy (non-hydrogen) atoms. The van der Waals surface area contributed by atoms with E-state index in [1.807, 2.05) is 13.0 Å². The van der Waals surface area contributed by atoms with Crippen LogP contribution in [0.25, 0.3) is 0 Å². The molecule has 1 aromatic carbocycles. The standard InChI is InChI=1S/C17H20N2OS/c1-11(2)17-15(7-8-18)21-16(19-17)10-20-14-9-12(3)5-6-13(14)4/h5-6,9,11H,7,10H2,1-4H3. The lowest BCUT2D eigenvalue weighted by molar-refractivity contribution is 0.303. The lowest BCUT2D eigenvalue weighted by atomic mass is 10.1. The zero-order chi connectivity index (χ0) is 15.4. The predicted octanol–water partition coefficient (Wildman–Crippen LogP) is 4.53. The summed E-state index contributed by atoms with van der Waals surface area (Å²) in [5.74, 6) is 1.23. The Balaban J connectivity index is 2.15. The summed E-state index contributed by atoms with van der Waals surface area (Å²) in [6.07, 6.45) is 0.425. The molecule has 2 rings (SSSR count). The van der Waals surface area contributed by atoms with Gasteiger partial charge < -0.3 is 4.74 Å². The molecular formula is C17H20N2OS. The highest BCUT2D eigenvalue weighted by molar-refractivity contribution is 7.11. The lowest BCUT2D eigenvalue weighted by Gasteiger charge is -2.08. The van der Waals surface area contributed by atoms with Crippen LogP contribution >= 0.6 is 11.3 Å². The lowest BCUT2D eigenvalue weighted by Crippen LogP contribution is -1.98. The first-order valence-electron chi connectivity index (χ1n) is 7.06. The Kier molecular flexibility index (Phi) is 4.98. The van der Waals surface area contributed by atoms with E-state index in [0.717, 1.165) is 26.9 Å². The van der Waals surface area contributed by atoms with Gasteiger partial charge in [0.15, 0.2) is 0 Å². The largest absolute Gasteiger partial charge is 0.486 e. The summed E-state index contributed by atoms with van der Waals surface area (Å²) in [4.78, 5) is 5.70. The quantitative estimate of drug-likeness (QED) is 0.815. The van der Waals surface area contributed by atoms with Crippen LogP contribution in [0.4, 0.5) is 0 Å². The van der Waals surface area contributed by atoms with Crippen LogP contribution in [0.1, 0.15) is 46.5 Å². The summed E-state index contributed by atoms with van der Waals surface area (Å²) < 4.78 is 5.89. The second-order valence-electron chi connectivity index (χ2n) is 5.46. The second kappa shape index (κ2) is 6.73. The zero-order valence-electron chi connectivity index (χ0n) is 12.9. The molecule has 2 aromatic rings. The second-order valence-corrected chi connectivity index (χ2v) is 6.63. The minimum Gasteiger partial charge on any atom is -0.486 e. The molecule has 0 aliphatic rings. The highest BCUT2D eigenvalue weighted by Crippen LogP contribution is 2.27. The summed E-state index contributed by atoms with van der Waals surface area (Å²) in [7, 11) is 0. The van der Waals surface area contributed by atoms with Crippen molar-refractivity contribution in [3.63, 3.8) is 0 Å². The third-order valence-corrected chi connectivity index (χ3v) is 4.30. The highest BCUT2D eigenvalue weighted by atomic mass is 32.1. The summed E-state index contributed by atoms with van der Waals surface area (Å²) >= 11 is 1.58. The molecule has 0 bridgehead atoms. The molecular weight excluding hydrogens is 280 g/mol. The van der Waals surface area contributed by atoms with E-state index in [0.29, 0.717) is 18.9 Å². The Labute approximate surface area is 130 Å². The van der Waals surface area contributed by atoms with Gasteiger partial charge in [0.05, 0.1) is 18.2 Å². The van der Waals surface area contributed by atoms with Crippen molar-refractivity contribution in [1.29, 1.82) is 5.26 Å². The Morgan fingerprint density at radius 1 is 1.33 bits per heavy atom. The Hall–Kier alpha value is -1.86. The molecule has 3 nitrogen and oxygen atoms in total. The van der Waals surface area contributed by atoms with Gasteiger partial charge in [-0.3, -0.25) is 0 Å². The molecule has 0 saturated carbocycles. The molecule has 0 radical (unpaired) electrons. The first kappa shape index (κ1) is 15.5. The third kappa shape index (κ3) is 3.83. The van der Waals surface area contributed by atoms with Crippen LogP contribution in [0, 0.1) is 25.2 Å². The van der Waals surface area contributed by atoms with Gasteiger partial charge in [0.2, 0.25) is 0 Å². The maximum absolute atomic E-state index is 8.91. The van der Waals surface area contributed by atoms with Crippen LogP contribution in [0.5, 0.6) is 5.75 Å². The van der Waals surface area contributed by atoms with Gasteiger partial charge in [-0.2, -0.15) is 5.26 Å². The number of hydrogen-bond acceptors (Lipinski definition) is 4. The van der Waals surface area contributed by atoms with Gasteiger partial charge in [0.25, 0.3) is 0 Å². The van der Waals surface area contributed by atoms with Crippen LogP contribution in [0.2, 0.25) is 0 Å². The molecule has 4 heteroatoms. The molecule has 0 saturated heterocycles. The summed E-state index contributed by atoms with van der Waals surface area (Å²) in [6, 6.07) is 8.40. The number of nitrogens with zero attached hydrogens (tertiary/aromatic N) is 2. The highest BCUT2D eigenvalue weighted by Gasteiger charge is 2.14. The van der Waals surface area contributed by atoms with Gasteiger partial charge in [-0.1, -0.05) is 26.0 Å². The van der Waals surface area contributed by atoms with E-state index in [9.17, 15) is 0 Å². The Morgan fingerprint density at radius 2 is 2.10 bits per heavy atom. The molecule has 0 aliphatic heterocycles. The molecule has 0 atom stereocenters. The number of aryl methyl sites for hydroxylation is 2. The maximum atomic E-state index is 8.91. The molecule has 0 fully saturated rings. The molecule has 0 unspecified atom stereocenters. The number of ether oxygens (including phenoxy) is 1. The maximum Gasteiger partial charge on any atom is 0.140 e. The number of rotatable bonds is 5. The van der Waals surface area contributed by atoms with E-state index in [4.69, 9.17) is 10.00 Å². The summed E-state index contributed by atoms with van der Waals surface area (Å²) in [6.45, 7) is 8.76. The Morgan fingerprint density at radius 3 is 2.76 bits per heavy atom. The van der Waals surface area contributed by atoms with Crippen molar-refractivity contribution in [3.8, 4) is 11.8 Å². The monoisotopic (exact) mass is 300 g/mol. The van der Waals surface area contributed by atoms with E-state index >= 15 is 0 Å². The molecule has 0 spiro atoms. The SMILES string of the molecule is Cc1ccc(C)c(OCc2nc(C(C)C)c(CC#N)s2)c1. The molecule has 1 heterocycles. The van der Waals surface area contributed by atoms with E-state index in [1.54, 1.807) is 11.3 Å². The van der Waals surface area contributed by atoms with Gasteiger partial charge in [-0.05, 0) is 37.0 Å². The van der Waals surface area contributed by atoms with Gasteiger partial charge >= 0.3 is 0 Å². The van der Waals surface area contributed by atoms with Crippen molar-refractivity contribution in [2.45, 2.75) is 46.6 Å². The third-order valence-electron chi connectivity index (χ3n) is 3.25. The fourth-order valence-corrected chi connectivity index (χ4v) is 3.20. The van der Waals surface area contributed by atoms with Crippen LogP contribution in [0.3, 0.4) is 0 Å². The van der Waals surface area contributed by atoms with Crippen LogP contribution in [-0.4, -0.2) is 4.98 Å². The summed E-state index contributed by atoms with van der Waals surface area (Å²) in [5.41, 5.74) is 3.34. The molecule has 0 aliphatic carbocycles. The number of thiazole rings is 1. The van der Waals surface area contributed by atoms with Gasteiger partial charge in [-0.25, -0.2) is 4.98 Å². The van der Waals surface area contributed by atoms with E-state index in [-0.39, 0.29) is 0 Å². The van der Waals surface area contributed by atoms with Crippen LogP contribution in [-0.2, 0) is 13.0 Å². The van der Waals surface area contributed by atoms with Crippen molar-refractivity contribution in [2.24, 2.45) is 0 Å². The first-order valence-corrected chi connectivity index (χ1v) is 7.88. The molecule has 1 aromatic heterocycles. The minimum absolute atomic E-state index is 0.332. The van der Waals surface area contributed by atoms with Gasteiger partial charge in [0, 0.05) is 4.88 Å². The van der Waals surface area contributed by atoms with Crippen molar-refractivity contribution in [1.82, 2.24) is 4.98 Å². The number of benzene rings is 1. The fourth-order valence-electron chi connectivity index (χ4n) is 2.13. The number of aromatic nitrogens is 1. The average Bonchev–Trinajstić information content (AvgIpc) is 2.84. The predicted molar refractivity (Wildman–Crippen MR) is 85.8 cm³/mol. The topological polar surface area (TPSA) is 45.9 Å². The normalized spacial score (nSPS) is 10.7. The smallest absolute Gasteiger partial charge is 0.140 e. The molecule has 0 N–H and O–H groups in total. The fraction of sp³-hybridized carbons (Fsp3) is 0.412. The summed E-state index contributed by atoms with van der Waals surface area (Å²) in [5, 5.41) is 9.84.